The molecule has 0 spiro atoms. The highest BCUT2D eigenvalue weighted by Gasteiger charge is 2.27. The average molecular weight is 341 g/mol. The molecule has 0 aromatic heterocycles. The first kappa shape index (κ1) is 16.4. The summed E-state index contributed by atoms with van der Waals surface area (Å²) in [7, 11) is 0. The summed E-state index contributed by atoms with van der Waals surface area (Å²) in [6.07, 6.45) is 5.67. The summed E-state index contributed by atoms with van der Waals surface area (Å²) < 4.78 is 0. The van der Waals surface area contributed by atoms with Gasteiger partial charge in [0.15, 0.2) is 0 Å². The molecular formula is C19H17ClN2O2. The minimum Gasteiger partial charge on any atom is -0.325 e. The zero-order valence-electron chi connectivity index (χ0n) is 13.5. The Morgan fingerprint density at radius 3 is 2.79 bits per heavy atom. The zero-order valence-corrected chi connectivity index (χ0v) is 14.2. The van der Waals surface area contributed by atoms with Gasteiger partial charge in [0.05, 0.1) is 12.1 Å². The van der Waals surface area contributed by atoms with Crippen LogP contribution in [-0.4, -0.2) is 17.5 Å². The smallest absolute Gasteiger partial charge is 0.251 e. The summed E-state index contributed by atoms with van der Waals surface area (Å²) in [4.78, 5) is 28.2. The Balaban J connectivity index is 1.80. The van der Waals surface area contributed by atoms with Crippen LogP contribution in [0.3, 0.4) is 0 Å². The summed E-state index contributed by atoms with van der Waals surface area (Å²) in [5.41, 5.74) is 3.79. The Kier molecular flexibility index (Phi) is 4.49. The molecule has 24 heavy (non-hydrogen) atoms. The number of carbonyl (C=O) groups excluding carboxylic acids is 2. The Hall–Kier alpha value is -2.46. The lowest BCUT2D eigenvalue weighted by Gasteiger charge is -2.28. The first-order valence-electron chi connectivity index (χ1n) is 7.69. The van der Waals surface area contributed by atoms with Gasteiger partial charge < -0.3 is 5.32 Å². The summed E-state index contributed by atoms with van der Waals surface area (Å²) >= 11 is 6.07. The van der Waals surface area contributed by atoms with E-state index in [9.17, 15) is 9.59 Å². The molecule has 1 heterocycles. The van der Waals surface area contributed by atoms with Gasteiger partial charge in [0, 0.05) is 22.2 Å². The third kappa shape index (κ3) is 3.24. The van der Waals surface area contributed by atoms with E-state index in [0.29, 0.717) is 10.7 Å². The number of hydrogen-bond donors (Lipinski definition) is 1. The van der Waals surface area contributed by atoms with E-state index in [2.05, 4.69) is 10.3 Å². The van der Waals surface area contributed by atoms with E-state index < -0.39 is 0 Å². The van der Waals surface area contributed by atoms with Gasteiger partial charge in [0.25, 0.3) is 11.8 Å². The summed E-state index contributed by atoms with van der Waals surface area (Å²) in [5.74, 6) is -0.337. The first-order chi connectivity index (χ1) is 11.5. The van der Waals surface area contributed by atoms with Crippen molar-refractivity contribution in [3.05, 3.63) is 69.9 Å². The molecule has 5 heteroatoms. The van der Waals surface area contributed by atoms with Crippen LogP contribution >= 0.6 is 11.6 Å². The van der Waals surface area contributed by atoms with Crippen LogP contribution in [0, 0.1) is 5.92 Å². The molecule has 1 aromatic rings. The minimum absolute atomic E-state index is 0.0420. The molecule has 2 amide bonds. The molecule has 0 fully saturated rings. The molecule has 0 saturated carbocycles. The third-order valence-electron chi connectivity index (χ3n) is 4.31. The van der Waals surface area contributed by atoms with Crippen molar-refractivity contribution in [2.45, 2.75) is 20.3 Å². The normalized spacial score (nSPS) is 21.5. The van der Waals surface area contributed by atoms with Crippen molar-refractivity contribution in [1.29, 1.82) is 0 Å². The SMILES string of the molecule is CC1=C(C)C2C=CC(=NC(=O)Cc3ccccc3Cl)C=C2NC1=O. The lowest BCUT2D eigenvalue weighted by molar-refractivity contribution is -0.118. The van der Waals surface area contributed by atoms with E-state index in [4.69, 9.17) is 11.6 Å². The van der Waals surface area contributed by atoms with Crippen LogP contribution in [0.5, 0.6) is 0 Å². The standard InChI is InChI=1S/C19H17ClN2O2/c1-11-12(2)19(24)22-17-10-14(7-8-15(11)17)21-18(23)9-13-5-3-4-6-16(13)20/h3-8,10,15H,9H2,1-2H3,(H,22,24). The van der Waals surface area contributed by atoms with E-state index >= 15 is 0 Å². The highest BCUT2D eigenvalue weighted by molar-refractivity contribution is 6.31. The van der Waals surface area contributed by atoms with E-state index in [1.807, 2.05) is 44.2 Å². The lowest BCUT2D eigenvalue weighted by atomic mass is 9.85. The van der Waals surface area contributed by atoms with E-state index in [1.54, 1.807) is 12.1 Å². The Labute approximate surface area is 145 Å². The van der Waals surface area contributed by atoms with Crippen LogP contribution in [0.15, 0.2) is 64.3 Å². The second-order valence-corrected chi connectivity index (χ2v) is 6.30. The number of amides is 2. The number of nitrogens with one attached hydrogen (secondary N) is 1. The molecule has 1 aliphatic heterocycles. The Morgan fingerprint density at radius 1 is 1.29 bits per heavy atom. The lowest BCUT2D eigenvalue weighted by Crippen LogP contribution is -2.35. The maximum Gasteiger partial charge on any atom is 0.251 e. The molecule has 1 aliphatic carbocycles. The van der Waals surface area contributed by atoms with Crippen LogP contribution in [0.25, 0.3) is 0 Å². The second kappa shape index (κ2) is 6.57. The van der Waals surface area contributed by atoms with Crippen LogP contribution in [0.1, 0.15) is 19.4 Å². The fraction of sp³-hybridized carbons (Fsp3) is 0.211. The van der Waals surface area contributed by atoms with Crippen LogP contribution < -0.4 is 5.32 Å². The van der Waals surface area contributed by atoms with Gasteiger partial charge in [-0.3, -0.25) is 9.59 Å². The largest absolute Gasteiger partial charge is 0.325 e. The molecule has 1 atom stereocenters. The molecule has 1 aromatic carbocycles. The quantitative estimate of drug-likeness (QED) is 0.897. The van der Waals surface area contributed by atoms with Crippen LogP contribution in [0.2, 0.25) is 5.02 Å². The zero-order chi connectivity index (χ0) is 17.3. The van der Waals surface area contributed by atoms with Crippen molar-refractivity contribution < 1.29 is 9.59 Å². The maximum atomic E-state index is 12.2. The number of hydrogen-bond acceptors (Lipinski definition) is 2. The van der Waals surface area contributed by atoms with E-state index in [-0.39, 0.29) is 24.2 Å². The van der Waals surface area contributed by atoms with Crippen molar-refractivity contribution in [3.8, 4) is 0 Å². The van der Waals surface area contributed by atoms with Crippen molar-refractivity contribution in [1.82, 2.24) is 5.32 Å². The maximum absolute atomic E-state index is 12.2. The van der Waals surface area contributed by atoms with Gasteiger partial charge in [-0.2, -0.15) is 0 Å². The van der Waals surface area contributed by atoms with Crippen molar-refractivity contribution in [2.75, 3.05) is 0 Å². The summed E-state index contributed by atoms with van der Waals surface area (Å²) in [6.45, 7) is 3.76. The van der Waals surface area contributed by atoms with Crippen molar-refractivity contribution in [3.63, 3.8) is 0 Å². The highest BCUT2D eigenvalue weighted by atomic mass is 35.5. The van der Waals surface area contributed by atoms with Gasteiger partial charge in [-0.05, 0) is 37.6 Å². The Morgan fingerprint density at radius 2 is 2.04 bits per heavy atom. The monoisotopic (exact) mass is 340 g/mol. The fourth-order valence-electron chi connectivity index (χ4n) is 2.78. The number of halogens is 1. The molecular weight excluding hydrogens is 324 g/mol. The summed E-state index contributed by atoms with van der Waals surface area (Å²) in [6, 6.07) is 7.22. The van der Waals surface area contributed by atoms with Crippen LogP contribution in [-0.2, 0) is 16.0 Å². The number of nitrogens with zero attached hydrogens (tertiary/aromatic N) is 1. The number of fused-ring (bicyclic) bond motifs is 1. The van der Waals surface area contributed by atoms with Gasteiger partial charge in [0.2, 0.25) is 0 Å². The predicted octanol–water partition coefficient (Wildman–Crippen LogP) is 3.39. The predicted molar refractivity (Wildman–Crippen MR) is 94.8 cm³/mol. The Bertz CT molecular complexity index is 847. The molecule has 3 rings (SSSR count). The topological polar surface area (TPSA) is 58.5 Å². The second-order valence-electron chi connectivity index (χ2n) is 5.90. The molecule has 2 aliphatic rings. The molecule has 0 radical (unpaired) electrons. The number of aliphatic imine (C=N–C) groups is 1. The number of benzene rings is 1. The fourth-order valence-corrected chi connectivity index (χ4v) is 2.98. The number of allylic oxidation sites excluding steroid dienone is 3. The van der Waals surface area contributed by atoms with Gasteiger partial charge in [-0.25, -0.2) is 4.99 Å². The van der Waals surface area contributed by atoms with Crippen LogP contribution in [0.4, 0.5) is 0 Å². The molecule has 0 bridgehead atoms. The molecule has 1 N–H and O–H groups in total. The number of rotatable bonds is 2. The molecule has 122 valence electrons. The third-order valence-corrected chi connectivity index (χ3v) is 4.68. The van der Waals surface area contributed by atoms with Gasteiger partial charge in [0.1, 0.15) is 0 Å². The van der Waals surface area contributed by atoms with Gasteiger partial charge in [-0.15, -0.1) is 0 Å². The highest BCUT2D eigenvalue weighted by Crippen LogP contribution is 2.29. The van der Waals surface area contributed by atoms with Crippen molar-refractivity contribution >= 4 is 29.1 Å². The number of carbonyl (C=O) groups is 2. The van der Waals surface area contributed by atoms with Crippen molar-refractivity contribution in [2.24, 2.45) is 10.9 Å². The summed E-state index contributed by atoms with van der Waals surface area (Å²) in [5, 5.41) is 3.42. The first-order valence-corrected chi connectivity index (χ1v) is 8.07. The minimum atomic E-state index is -0.274. The van der Waals surface area contributed by atoms with Gasteiger partial charge in [-0.1, -0.05) is 41.4 Å². The van der Waals surface area contributed by atoms with E-state index in [1.165, 1.54) is 0 Å². The van der Waals surface area contributed by atoms with E-state index in [0.717, 1.165) is 22.4 Å². The van der Waals surface area contributed by atoms with Gasteiger partial charge >= 0.3 is 0 Å². The molecule has 4 nitrogen and oxygen atoms in total. The average Bonchev–Trinajstić information content (AvgIpc) is 2.55. The molecule has 1 unspecified atom stereocenters. The molecule has 0 saturated heterocycles.